The minimum absolute atomic E-state index is 0.0209. The number of piperazine rings is 1. The number of amides is 2. The second kappa shape index (κ2) is 8.68. The zero-order valence-corrected chi connectivity index (χ0v) is 17.9. The molecule has 154 valence electrons. The molecule has 2 aromatic carbocycles. The fraction of sp³-hybridized carbons (Fsp3) is 0.417. The van der Waals surface area contributed by atoms with E-state index in [4.69, 9.17) is 0 Å². The number of anilines is 2. The van der Waals surface area contributed by atoms with Gasteiger partial charge in [0.25, 0.3) is 5.91 Å². The van der Waals surface area contributed by atoms with Crippen LogP contribution in [-0.2, 0) is 4.79 Å². The number of aryl methyl sites for hydroxylation is 1. The van der Waals surface area contributed by atoms with Crippen molar-refractivity contribution in [2.75, 3.05) is 36.4 Å². The molecule has 29 heavy (non-hydrogen) atoms. The normalized spacial score (nSPS) is 14.6. The Morgan fingerprint density at radius 1 is 0.897 bits per heavy atom. The van der Waals surface area contributed by atoms with Gasteiger partial charge in [0.2, 0.25) is 5.91 Å². The molecule has 1 saturated heterocycles. The van der Waals surface area contributed by atoms with Gasteiger partial charge in [0.05, 0.1) is 0 Å². The Balaban J connectivity index is 1.54. The molecule has 0 radical (unpaired) electrons. The van der Waals surface area contributed by atoms with E-state index in [1.165, 1.54) is 0 Å². The number of rotatable bonds is 4. The SMILES string of the molecule is Cc1ccc(C(=O)Nc2ccc(N3CCN(C(=O)CC(C)(C)C)CC3)cc2)cc1. The largest absolute Gasteiger partial charge is 0.368 e. The third-order valence-corrected chi connectivity index (χ3v) is 5.12. The topological polar surface area (TPSA) is 52.7 Å². The molecular formula is C24H31N3O2. The van der Waals surface area contributed by atoms with E-state index in [1.54, 1.807) is 0 Å². The lowest BCUT2D eigenvalue weighted by atomic mass is 9.91. The van der Waals surface area contributed by atoms with Crippen LogP contribution in [-0.4, -0.2) is 42.9 Å². The smallest absolute Gasteiger partial charge is 0.255 e. The van der Waals surface area contributed by atoms with Crippen LogP contribution >= 0.6 is 0 Å². The number of hydrogen-bond donors (Lipinski definition) is 1. The van der Waals surface area contributed by atoms with Gasteiger partial charge in [-0.1, -0.05) is 38.5 Å². The molecule has 1 N–H and O–H groups in total. The summed E-state index contributed by atoms with van der Waals surface area (Å²) in [4.78, 5) is 29.0. The molecule has 1 heterocycles. The first-order chi connectivity index (χ1) is 13.7. The van der Waals surface area contributed by atoms with E-state index in [9.17, 15) is 9.59 Å². The van der Waals surface area contributed by atoms with E-state index in [0.29, 0.717) is 12.0 Å². The molecule has 0 bridgehead atoms. The molecule has 0 spiro atoms. The Labute approximate surface area is 173 Å². The van der Waals surface area contributed by atoms with Crippen molar-refractivity contribution in [3.05, 3.63) is 59.7 Å². The molecule has 1 fully saturated rings. The van der Waals surface area contributed by atoms with E-state index in [-0.39, 0.29) is 17.2 Å². The van der Waals surface area contributed by atoms with E-state index >= 15 is 0 Å². The van der Waals surface area contributed by atoms with Crippen LogP contribution in [0.15, 0.2) is 48.5 Å². The minimum atomic E-state index is -0.108. The molecule has 1 aliphatic heterocycles. The predicted octanol–water partition coefficient (Wildman–Crippen LogP) is 4.33. The van der Waals surface area contributed by atoms with Crippen LogP contribution in [0.4, 0.5) is 11.4 Å². The van der Waals surface area contributed by atoms with Gasteiger partial charge in [0, 0.05) is 49.5 Å². The molecule has 2 amide bonds. The van der Waals surface area contributed by atoms with Crippen molar-refractivity contribution >= 4 is 23.2 Å². The van der Waals surface area contributed by atoms with Gasteiger partial charge in [0.15, 0.2) is 0 Å². The number of benzene rings is 2. The Morgan fingerprint density at radius 2 is 1.48 bits per heavy atom. The Morgan fingerprint density at radius 3 is 2.03 bits per heavy atom. The fourth-order valence-corrected chi connectivity index (χ4v) is 3.44. The summed E-state index contributed by atoms with van der Waals surface area (Å²) in [5.74, 6) is 0.134. The summed E-state index contributed by atoms with van der Waals surface area (Å²) >= 11 is 0. The molecule has 3 rings (SSSR count). The molecule has 0 unspecified atom stereocenters. The number of hydrogen-bond acceptors (Lipinski definition) is 3. The zero-order chi connectivity index (χ0) is 21.0. The molecule has 0 aliphatic carbocycles. The Kier molecular flexibility index (Phi) is 6.26. The first kappa shape index (κ1) is 20.9. The average molecular weight is 394 g/mol. The zero-order valence-electron chi connectivity index (χ0n) is 17.9. The van der Waals surface area contributed by atoms with Gasteiger partial charge in [-0.25, -0.2) is 0 Å². The predicted molar refractivity (Wildman–Crippen MR) is 118 cm³/mol. The van der Waals surface area contributed by atoms with Crippen molar-refractivity contribution in [3.63, 3.8) is 0 Å². The van der Waals surface area contributed by atoms with Gasteiger partial charge >= 0.3 is 0 Å². The summed E-state index contributed by atoms with van der Waals surface area (Å²) in [6.07, 6.45) is 0.586. The molecule has 1 aliphatic rings. The van der Waals surface area contributed by atoms with Crippen LogP contribution in [0, 0.1) is 12.3 Å². The third kappa shape index (κ3) is 5.83. The van der Waals surface area contributed by atoms with Crippen LogP contribution in [0.5, 0.6) is 0 Å². The molecular weight excluding hydrogens is 362 g/mol. The van der Waals surface area contributed by atoms with Crippen molar-refractivity contribution in [2.45, 2.75) is 34.1 Å². The molecule has 2 aromatic rings. The van der Waals surface area contributed by atoms with Crippen LogP contribution < -0.4 is 10.2 Å². The van der Waals surface area contributed by atoms with E-state index < -0.39 is 0 Å². The maximum absolute atomic E-state index is 12.4. The highest BCUT2D eigenvalue weighted by Crippen LogP contribution is 2.23. The highest BCUT2D eigenvalue weighted by atomic mass is 16.2. The second-order valence-corrected chi connectivity index (χ2v) is 8.97. The van der Waals surface area contributed by atoms with E-state index in [2.05, 4.69) is 31.0 Å². The summed E-state index contributed by atoms with van der Waals surface area (Å²) in [5, 5.41) is 2.94. The maximum atomic E-state index is 12.4. The second-order valence-electron chi connectivity index (χ2n) is 8.97. The average Bonchev–Trinajstić information content (AvgIpc) is 2.68. The molecule has 0 aromatic heterocycles. The van der Waals surface area contributed by atoms with Gasteiger partial charge in [0.1, 0.15) is 0 Å². The summed E-state index contributed by atoms with van der Waals surface area (Å²) in [6.45, 7) is 11.4. The van der Waals surface area contributed by atoms with Crippen LogP contribution in [0.1, 0.15) is 43.1 Å². The van der Waals surface area contributed by atoms with Gasteiger partial charge < -0.3 is 15.1 Å². The molecule has 0 atom stereocenters. The molecule has 5 heteroatoms. The number of carbonyl (C=O) groups excluding carboxylic acids is 2. The lowest BCUT2D eigenvalue weighted by Gasteiger charge is -2.37. The Hall–Kier alpha value is -2.82. The van der Waals surface area contributed by atoms with Gasteiger partial charge in [-0.3, -0.25) is 9.59 Å². The highest BCUT2D eigenvalue weighted by molar-refractivity contribution is 6.04. The van der Waals surface area contributed by atoms with Gasteiger partial charge in [-0.15, -0.1) is 0 Å². The van der Waals surface area contributed by atoms with Crippen molar-refractivity contribution in [1.29, 1.82) is 0 Å². The van der Waals surface area contributed by atoms with E-state index in [0.717, 1.165) is 43.1 Å². The standard InChI is InChI=1S/C24H31N3O2/c1-18-5-7-19(8-6-18)23(29)25-20-9-11-21(12-10-20)26-13-15-27(16-14-26)22(28)17-24(2,3)4/h5-12H,13-17H2,1-4H3,(H,25,29). The first-order valence-corrected chi connectivity index (χ1v) is 10.2. The summed E-state index contributed by atoms with van der Waals surface area (Å²) in [6, 6.07) is 15.4. The highest BCUT2D eigenvalue weighted by Gasteiger charge is 2.24. The molecule has 5 nitrogen and oxygen atoms in total. The van der Waals surface area contributed by atoms with Crippen LogP contribution in [0.2, 0.25) is 0 Å². The summed E-state index contributed by atoms with van der Waals surface area (Å²) < 4.78 is 0. The van der Waals surface area contributed by atoms with Crippen molar-refractivity contribution < 1.29 is 9.59 Å². The third-order valence-electron chi connectivity index (χ3n) is 5.12. The lowest BCUT2D eigenvalue weighted by molar-refractivity contribution is -0.133. The number of carbonyl (C=O) groups is 2. The lowest BCUT2D eigenvalue weighted by Crippen LogP contribution is -2.49. The summed E-state index contributed by atoms with van der Waals surface area (Å²) in [7, 11) is 0. The van der Waals surface area contributed by atoms with Crippen molar-refractivity contribution in [3.8, 4) is 0 Å². The quantitative estimate of drug-likeness (QED) is 0.841. The van der Waals surface area contributed by atoms with Gasteiger partial charge in [-0.2, -0.15) is 0 Å². The first-order valence-electron chi connectivity index (χ1n) is 10.2. The van der Waals surface area contributed by atoms with Crippen molar-refractivity contribution in [1.82, 2.24) is 4.90 Å². The van der Waals surface area contributed by atoms with E-state index in [1.807, 2.05) is 60.4 Å². The number of nitrogens with one attached hydrogen (secondary N) is 1. The minimum Gasteiger partial charge on any atom is -0.368 e. The van der Waals surface area contributed by atoms with Crippen LogP contribution in [0.3, 0.4) is 0 Å². The maximum Gasteiger partial charge on any atom is 0.255 e. The monoisotopic (exact) mass is 393 g/mol. The van der Waals surface area contributed by atoms with Crippen LogP contribution in [0.25, 0.3) is 0 Å². The Bertz CT molecular complexity index is 843. The van der Waals surface area contributed by atoms with Crippen molar-refractivity contribution in [2.24, 2.45) is 5.41 Å². The number of nitrogens with zero attached hydrogens (tertiary/aromatic N) is 2. The van der Waals surface area contributed by atoms with Gasteiger partial charge in [-0.05, 0) is 48.7 Å². The fourth-order valence-electron chi connectivity index (χ4n) is 3.44. The summed E-state index contributed by atoms with van der Waals surface area (Å²) in [5.41, 5.74) is 3.69. The molecule has 0 saturated carbocycles.